The van der Waals surface area contributed by atoms with Gasteiger partial charge in [0, 0.05) is 0 Å². The van der Waals surface area contributed by atoms with Crippen LogP contribution in [0.3, 0.4) is 0 Å². The van der Waals surface area contributed by atoms with Crippen molar-refractivity contribution in [2.75, 3.05) is 11.9 Å². The zero-order chi connectivity index (χ0) is 18.0. The summed E-state index contributed by atoms with van der Waals surface area (Å²) in [6.07, 6.45) is 0. The summed E-state index contributed by atoms with van der Waals surface area (Å²) in [6.45, 7) is 2.83. The lowest BCUT2D eigenvalue weighted by molar-refractivity contribution is -0.134. The molecule has 0 bridgehead atoms. The Hall–Kier alpha value is -2.25. The van der Waals surface area contributed by atoms with Crippen LogP contribution in [0.5, 0.6) is 17.2 Å². The first kappa shape index (κ1) is 18.1. The number of hydrogen-bond acceptors (Lipinski definition) is 5. The fourth-order valence-electron chi connectivity index (χ4n) is 1.95. The molecule has 1 heterocycles. The molecule has 0 amide bonds. The molecule has 24 heavy (non-hydrogen) atoms. The molecular formula is C15H13Cl2FN2O4. The molecule has 0 radical (unpaired) electrons. The van der Waals surface area contributed by atoms with Crippen LogP contribution in [0.1, 0.15) is 11.1 Å². The molecular weight excluding hydrogens is 362 g/mol. The van der Waals surface area contributed by atoms with Crippen molar-refractivity contribution in [3.8, 4) is 17.2 Å². The van der Waals surface area contributed by atoms with Crippen molar-refractivity contribution in [1.29, 1.82) is 0 Å². The third-order valence-electron chi connectivity index (χ3n) is 3.09. The fourth-order valence-corrected chi connectivity index (χ4v) is 2.42. The van der Waals surface area contributed by atoms with E-state index in [0.29, 0.717) is 11.1 Å². The molecule has 1 aromatic heterocycles. The molecule has 0 fully saturated rings. The van der Waals surface area contributed by atoms with Crippen LogP contribution in [-0.2, 0) is 4.79 Å². The number of anilines is 1. The second-order valence-corrected chi connectivity index (χ2v) is 5.72. The molecule has 9 heteroatoms. The first-order valence-corrected chi connectivity index (χ1v) is 7.44. The van der Waals surface area contributed by atoms with E-state index in [1.54, 1.807) is 13.8 Å². The Bertz CT molecular complexity index is 792. The van der Waals surface area contributed by atoms with Gasteiger partial charge in [0.2, 0.25) is 5.95 Å². The van der Waals surface area contributed by atoms with Gasteiger partial charge in [-0.15, -0.1) is 0 Å². The van der Waals surface area contributed by atoms with Crippen LogP contribution >= 0.6 is 23.2 Å². The number of aryl methyl sites for hydroxylation is 2. The predicted octanol–water partition coefficient (Wildman–Crippen LogP) is 4.14. The Labute approximate surface area is 146 Å². The standard InChI is InChI=1S/C15H13Cl2FN2O4/c1-6-3-8(4-7(2)12(6)23)24-13-10(16)14(18)20-15(11(13)17)19-5-9(21)22/h3-4,23H,5H2,1-2H3,(H,19,20)(H,21,22). The van der Waals surface area contributed by atoms with Crippen molar-refractivity contribution in [2.24, 2.45) is 0 Å². The van der Waals surface area contributed by atoms with Gasteiger partial charge in [-0.3, -0.25) is 4.79 Å². The number of hydrogen-bond donors (Lipinski definition) is 3. The number of pyridine rings is 1. The number of aliphatic carboxylic acids is 1. The highest BCUT2D eigenvalue weighted by atomic mass is 35.5. The number of carboxylic acid groups (broad SMARTS) is 1. The molecule has 0 spiro atoms. The highest BCUT2D eigenvalue weighted by Gasteiger charge is 2.20. The van der Waals surface area contributed by atoms with Gasteiger partial charge in [0.05, 0.1) is 0 Å². The quantitative estimate of drug-likeness (QED) is 0.681. The van der Waals surface area contributed by atoms with Crippen molar-refractivity contribution in [3.05, 3.63) is 39.3 Å². The van der Waals surface area contributed by atoms with Crippen molar-refractivity contribution in [3.63, 3.8) is 0 Å². The van der Waals surface area contributed by atoms with Gasteiger partial charge in [-0.1, -0.05) is 23.2 Å². The van der Waals surface area contributed by atoms with Crippen LogP contribution in [0.15, 0.2) is 12.1 Å². The molecule has 0 atom stereocenters. The van der Waals surface area contributed by atoms with Gasteiger partial charge in [-0.05, 0) is 37.1 Å². The van der Waals surface area contributed by atoms with E-state index in [9.17, 15) is 14.3 Å². The zero-order valence-corrected chi connectivity index (χ0v) is 14.2. The second-order valence-electron chi connectivity index (χ2n) is 4.96. The van der Waals surface area contributed by atoms with Crippen molar-refractivity contribution in [1.82, 2.24) is 4.98 Å². The number of nitrogens with one attached hydrogen (secondary N) is 1. The monoisotopic (exact) mass is 374 g/mol. The first-order chi connectivity index (χ1) is 11.2. The minimum Gasteiger partial charge on any atom is -0.507 e. The van der Waals surface area contributed by atoms with Crippen molar-refractivity contribution >= 4 is 35.0 Å². The van der Waals surface area contributed by atoms with Gasteiger partial charge < -0.3 is 20.3 Å². The molecule has 128 valence electrons. The summed E-state index contributed by atoms with van der Waals surface area (Å²) < 4.78 is 19.4. The molecule has 6 nitrogen and oxygen atoms in total. The number of carboxylic acids is 1. The third kappa shape index (κ3) is 3.80. The molecule has 0 unspecified atom stereocenters. The summed E-state index contributed by atoms with van der Waals surface area (Å²) in [5.41, 5.74) is 1.10. The maximum Gasteiger partial charge on any atom is 0.322 e. The lowest BCUT2D eigenvalue weighted by Gasteiger charge is -2.14. The van der Waals surface area contributed by atoms with Crippen LogP contribution in [0.4, 0.5) is 10.2 Å². The Balaban J connectivity index is 2.44. The van der Waals surface area contributed by atoms with Crippen molar-refractivity contribution < 1.29 is 24.1 Å². The van der Waals surface area contributed by atoms with E-state index in [1.807, 2.05) is 0 Å². The lowest BCUT2D eigenvalue weighted by atomic mass is 10.1. The number of phenolic OH excluding ortho intramolecular Hbond substituents is 1. The van der Waals surface area contributed by atoms with Gasteiger partial charge in [0.15, 0.2) is 11.6 Å². The van der Waals surface area contributed by atoms with Crippen LogP contribution in [0.2, 0.25) is 10.0 Å². The van der Waals surface area contributed by atoms with Gasteiger partial charge >= 0.3 is 5.97 Å². The van der Waals surface area contributed by atoms with E-state index in [1.165, 1.54) is 12.1 Å². The van der Waals surface area contributed by atoms with Gasteiger partial charge in [-0.2, -0.15) is 9.37 Å². The van der Waals surface area contributed by atoms with E-state index in [4.69, 9.17) is 33.0 Å². The van der Waals surface area contributed by atoms with Crippen LogP contribution in [0, 0.1) is 19.8 Å². The topological polar surface area (TPSA) is 91.7 Å². The largest absolute Gasteiger partial charge is 0.507 e. The summed E-state index contributed by atoms with van der Waals surface area (Å²) in [4.78, 5) is 14.1. The first-order valence-electron chi connectivity index (χ1n) is 6.69. The summed E-state index contributed by atoms with van der Waals surface area (Å²) in [7, 11) is 0. The molecule has 0 saturated carbocycles. The maximum absolute atomic E-state index is 13.9. The highest BCUT2D eigenvalue weighted by Crippen LogP contribution is 2.42. The summed E-state index contributed by atoms with van der Waals surface area (Å²) in [5, 5.41) is 20.2. The molecule has 1 aromatic carbocycles. The smallest absolute Gasteiger partial charge is 0.322 e. The maximum atomic E-state index is 13.9. The molecule has 2 aromatic rings. The number of halogens is 3. The number of carbonyl (C=O) groups is 1. The van der Waals surface area contributed by atoms with Crippen LogP contribution < -0.4 is 10.1 Å². The Kier molecular flexibility index (Phi) is 5.36. The molecule has 0 saturated heterocycles. The molecule has 0 aliphatic rings. The van der Waals surface area contributed by atoms with Gasteiger partial charge in [0.1, 0.15) is 28.1 Å². The third-order valence-corrected chi connectivity index (χ3v) is 3.77. The minimum atomic E-state index is -1.17. The molecule has 0 aliphatic heterocycles. The average Bonchev–Trinajstić information content (AvgIpc) is 2.51. The normalized spacial score (nSPS) is 10.5. The summed E-state index contributed by atoms with van der Waals surface area (Å²) in [5.74, 6) is -2.25. The van der Waals surface area contributed by atoms with Gasteiger partial charge in [0.25, 0.3) is 0 Å². The van der Waals surface area contributed by atoms with E-state index < -0.39 is 23.5 Å². The Morgan fingerprint density at radius 1 is 1.29 bits per heavy atom. The average molecular weight is 375 g/mol. The number of benzene rings is 1. The van der Waals surface area contributed by atoms with E-state index >= 15 is 0 Å². The van der Waals surface area contributed by atoms with Crippen molar-refractivity contribution in [2.45, 2.75) is 13.8 Å². The lowest BCUT2D eigenvalue weighted by Crippen LogP contribution is -2.14. The van der Waals surface area contributed by atoms with E-state index in [-0.39, 0.29) is 28.1 Å². The minimum absolute atomic E-state index is 0.115. The number of aromatic hydroxyl groups is 1. The summed E-state index contributed by atoms with van der Waals surface area (Å²) in [6, 6.07) is 3.05. The Morgan fingerprint density at radius 2 is 1.88 bits per heavy atom. The van der Waals surface area contributed by atoms with Crippen LogP contribution in [-0.4, -0.2) is 27.7 Å². The molecule has 0 aliphatic carbocycles. The number of nitrogens with zero attached hydrogens (tertiary/aromatic N) is 1. The molecule has 3 N–H and O–H groups in total. The van der Waals surface area contributed by atoms with Crippen LogP contribution in [0.25, 0.3) is 0 Å². The summed E-state index contributed by atoms with van der Waals surface area (Å²) >= 11 is 11.9. The predicted molar refractivity (Wildman–Crippen MR) is 88.0 cm³/mol. The Morgan fingerprint density at radius 3 is 2.42 bits per heavy atom. The second kappa shape index (κ2) is 7.11. The number of ether oxygens (including phenoxy) is 1. The zero-order valence-electron chi connectivity index (χ0n) is 12.7. The van der Waals surface area contributed by atoms with E-state index in [2.05, 4.69) is 10.3 Å². The number of phenols is 1. The SMILES string of the molecule is Cc1cc(Oc2c(Cl)c(F)nc(NCC(=O)O)c2Cl)cc(C)c1O. The fraction of sp³-hybridized carbons (Fsp3) is 0.200. The molecule has 2 rings (SSSR count). The highest BCUT2D eigenvalue weighted by molar-refractivity contribution is 6.38. The number of aromatic nitrogens is 1. The van der Waals surface area contributed by atoms with Gasteiger partial charge in [-0.25, -0.2) is 0 Å². The number of rotatable bonds is 5. The van der Waals surface area contributed by atoms with E-state index in [0.717, 1.165) is 0 Å².